The average molecular weight is 338 g/mol. The molecule has 2 aliphatic rings. The third-order valence-corrected chi connectivity index (χ3v) is 4.70. The fourth-order valence-electron chi connectivity index (χ4n) is 3.20. The van der Waals surface area contributed by atoms with E-state index in [1.807, 2.05) is 13.8 Å². The molecule has 1 aliphatic carbocycles. The summed E-state index contributed by atoms with van der Waals surface area (Å²) in [7, 11) is 0. The lowest BCUT2D eigenvalue weighted by Gasteiger charge is -2.28. The monoisotopic (exact) mass is 338 g/mol. The molecule has 3 nitrogen and oxygen atoms in total. The molecule has 130 valence electrons. The Morgan fingerprint density at radius 1 is 1.29 bits per heavy atom. The number of benzene rings is 1. The Morgan fingerprint density at radius 2 is 2.00 bits per heavy atom. The number of alkyl halides is 3. The van der Waals surface area contributed by atoms with Crippen LogP contribution in [0.4, 0.5) is 13.2 Å². The molecule has 0 aromatic heterocycles. The van der Waals surface area contributed by atoms with Gasteiger partial charge in [-0.1, -0.05) is 26.3 Å². The van der Waals surface area contributed by atoms with Gasteiger partial charge >= 0.3 is 6.18 Å². The average Bonchev–Trinajstić information content (AvgIpc) is 2.76. The van der Waals surface area contributed by atoms with Crippen LogP contribution in [0.5, 0.6) is 0 Å². The number of carbonyl (C=O) groups is 1. The summed E-state index contributed by atoms with van der Waals surface area (Å²) < 4.78 is 39.1. The molecule has 1 aliphatic heterocycles. The third-order valence-electron chi connectivity index (χ3n) is 4.70. The molecule has 6 heteroatoms. The molecule has 3 rings (SSSR count). The highest BCUT2D eigenvalue weighted by molar-refractivity contribution is 6.14. The van der Waals surface area contributed by atoms with Crippen LogP contribution >= 0.6 is 0 Å². The quantitative estimate of drug-likeness (QED) is 0.875. The maximum absolute atomic E-state index is 13.0. The molecule has 0 spiro atoms. The molecule has 1 saturated carbocycles. The molecule has 1 fully saturated rings. The number of amidine groups is 1. The molecule has 1 N–H and O–H groups in total. The van der Waals surface area contributed by atoms with E-state index in [1.54, 1.807) is 0 Å². The highest BCUT2D eigenvalue weighted by atomic mass is 19.4. The summed E-state index contributed by atoms with van der Waals surface area (Å²) >= 11 is 0. The minimum Gasteiger partial charge on any atom is -0.309 e. The first-order valence-corrected chi connectivity index (χ1v) is 8.36. The van der Waals surface area contributed by atoms with Crippen LogP contribution in [0.3, 0.4) is 0 Å². The zero-order valence-electron chi connectivity index (χ0n) is 13.8. The number of aliphatic imine (C=N–C) groups is 1. The lowest BCUT2D eigenvalue weighted by Crippen LogP contribution is -2.30. The summed E-state index contributed by atoms with van der Waals surface area (Å²) in [5.41, 5.74) is 0.643. The Balaban J connectivity index is 1.97. The minimum atomic E-state index is -4.36. The third kappa shape index (κ3) is 3.32. The SMILES string of the molecule is CC(C)CC1N=C(c2ccc(C(F)(F)F)cc2C2CCC2)NC1=O. The largest absolute Gasteiger partial charge is 0.416 e. The number of hydrogen-bond donors (Lipinski definition) is 1. The van der Waals surface area contributed by atoms with E-state index >= 15 is 0 Å². The van der Waals surface area contributed by atoms with Crippen molar-refractivity contribution in [2.75, 3.05) is 0 Å². The minimum absolute atomic E-state index is 0.117. The molecule has 1 aromatic rings. The summed E-state index contributed by atoms with van der Waals surface area (Å²) in [6.07, 6.45) is -0.947. The molecule has 1 atom stereocenters. The van der Waals surface area contributed by atoms with Gasteiger partial charge in [0.2, 0.25) is 5.91 Å². The molecule has 1 unspecified atom stereocenters. The van der Waals surface area contributed by atoms with Crippen molar-refractivity contribution in [2.24, 2.45) is 10.9 Å². The van der Waals surface area contributed by atoms with Crippen LogP contribution in [-0.2, 0) is 11.0 Å². The van der Waals surface area contributed by atoms with E-state index in [4.69, 9.17) is 0 Å². The number of hydrogen-bond acceptors (Lipinski definition) is 2. The van der Waals surface area contributed by atoms with Crippen LogP contribution in [0.25, 0.3) is 0 Å². The van der Waals surface area contributed by atoms with Gasteiger partial charge in [-0.3, -0.25) is 9.79 Å². The fourth-order valence-corrected chi connectivity index (χ4v) is 3.20. The number of rotatable bonds is 4. The van der Waals surface area contributed by atoms with Gasteiger partial charge in [-0.2, -0.15) is 13.2 Å². The van der Waals surface area contributed by atoms with Crippen molar-refractivity contribution in [1.29, 1.82) is 0 Å². The van der Waals surface area contributed by atoms with Gasteiger partial charge in [0, 0.05) is 5.56 Å². The van der Waals surface area contributed by atoms with Crippen molar-refractivity contribution in [1.82, 2.24) is 5.32 Å². The summed E-state index contributed by atoms with van der Waals surface area (Å²) in [6.45, 7) is 4.03. The highest BCUT2D eigenvalue weighted by Crippen LogP contribution is 2.41. The van der Waals surface area contributed by atoms with Crippen molar-refractivity contribution in [3.63, 3.8) is 0 Å². The molecule has 1 heterocycles. The van der Waals surface area contributed by atoms with Gasteiger partial charge in [0.15, 0.2) is 0 Å². The Morgan fingerprint density at radius 3 is 2.54 bits per heavy atom. The van der Waals surface area contributed by atoms with Crippen molar-refractivity contribution in [3.05, 3.63) is 34.9 Å². The Labute approximate surface area is 139 Å². The van der Waals surface area contributed by atoms with Crippen LogP contribution in [-0.4, -0.2) is 17.8 Å². The number of nitrogens with zero attached hydrogens (tertiary/aromatic N) is 1. The van der Waals surface area contributed by atoms with E-state index in [2.05, 4.69) is 10.3 Å². The van der Waals surface area contributed by atoms with Crippen molar-refractivity contribution >= 4 is 11.7 Å². The lowest BCUT2D eigenvalue weighted by molar-refractivity contribution is -0.137. The van der Waals surface area contributed by atoms with E-state index in [-0.39, 0.29) is 11.8 Å². The fraction of sp³-hybridized carbons (Fsp3) is 0.556. The topological polar surface area (TPSA) is 41.5 Å². The summed E-state index contributed by atoms with van der Waals surface area (Å²) in [5.74, 6) is 0.688. The smallest absolute Gasteiger partial charge is 0.309 e. The van der Waals surface area contributed by atoms with Crippen molar-refractivity contribution in [3.8, 4) is 0 Å². The molecular formula is C18H21F3N2O. The zero-order chi connectivity index (χ0) is 17.5. The number of carbonyl (C=O) groups excluding carboxylic acids is 1. The van der Waals surface area contributed by atoms with E-state index in [0.717, 1.165) is 25.3 Å². The molecule has 0 saturated heterocycles. The van der Waals surface area contributed by atoms with Crippen LogP contribution in [0.2, 0.25) is 0 Å². The second kappa shape index (κ2) is 6.22. The van der Waals surface area contributed by atoms with Crippen LogP contribution in [0.15, 0.2) is 23.2 Å². The molecule has 1 amide bonds. The van der Waals surface area contributed by atoms with Gasteiger partial charge in [0.05, 0.1) is 5.56 Å². The first-order chi connectivity index (χ1) is 11.3. The summed E-state index contributed by atoms with van der Waals surface area (Å²) in [5, 5.41) is 2.76. The van der Waals surface area contributed by atoms with Gasteiger partial charge in [0.1, 0.15) is 11.9 Å². The molecule has 0 bridgehead atoms. The number of amides is 1. The number of halogens is 3. The Hall–Kier alpha value is -1.85. The van der Waals surface area contributed by atoms with Crippen LogP contribution in [0.1, 0.15) is 62.1 Å². The Bertz CT molecular complexity index is 675. The second-order valence-electron chi connectivity index (χ2n) is 7.04. The summed E-state index contributed by atoms with van der Waals surface area (Å²) in [4.78, 5) is 16.5. The van der Waals surface area contributed by atoms with Gasteiger partial charge in [-0.25, -0.2) is 0 Å². The predicted octanol–water partition coefficient (Wildman–Crippen LogP) is 4.26. The second-order valence-corrected chi connectivity index (χ2v) is 7.04. The van der Waals surface area contributed by atoms with Gasteiger partial charge in [-0.05, 0) is 48.8 Å². The predicted molar refractivity (Wildman–Crippen MR) is 86.0 cm³/mol. The van der Waals surface area contributed by atoms with E-state index < -0.39 is 17.8 Å². The molecular weight excluding hydrogens is 317 g/mol. The zero-order valence-corrected chi connectivity index (χ0v) is 13.8. The maximum atomic E-state index is 13.0. The molecule has 0 radical (unpaired) electrons. The first kappa shape index (κ1) is 17.0. The van der Waals surface area contributed by atoms with Crippen molar-refractivity contribution < 1.29 is 18.0 Å². The van der Waals surface area contributed by atoms with E-state index in [0.29, 0.717) is 29.3 Å². The lowest BCUT2D eigenvalue weighted by atomic mass is 9.77. The highest BCUT2D eigenvalue weighted by Gasteiger charge is 2.35. The maximum Gasteiger partial charge on any atom is 0.416 e. The normalized spacial score (nSPS) is 21.7. The summed E-state index contributed by atoms with van der Waals surface area (Å²) in [6, 6.07) is 3.30. The van der Waals surface area contributed by atoms with Crippen molar-refractivity contribution in [2.45, 2.75) is 57.7 Å². The van der Waals surface area contributed by atoms with E-state index in [9.17, 15) is 18.0 Å². The van der Waals surface area contributed by atoms with Gasteiger partial charge in [-0.15, -0.1) is 0 Å². The van der Waals surface area contributed by atoms with E-state index in [1.165, 1.54) is 12.1 Å². The standard InChI is InChI=1S/C18H21F3N2O/c1-10(2)8-15-17(24)23-16(22-15)13-7-6-12(18(19,20)21)9-14(13)11-4-3-5-11/h6-7,9-11,15H,3-5,8H2,1-2H3,(H,22,23,24). The van der Waals surface area contributed by atoms with Crippen LogP contribution < -0.4 is 5.32 Å². The number of nitrogens with one attached hydrogen (secondary N) is 1. The molecule has 24 heavy (non-hydrogen) atoms. The first-order valence-electron chi connectivity index (χ1n) is 8.36. The van der Waals surface area contributed by atoms with Gasteiger partial charge < -0.3 is 5.32 Å². The molecule has 1 aromatic carbocycles. The van der Waals surface area contributed by atoms with Gasteiger partial charge in [0.25, 0.3) is 0 Å². The van der Waals surface area contributed by atoms with Crippen LogP contribution in [0, 0.1) is 5.92 Å². The Kier molecular flexibility index (Phi) is 4.40.